The average Bonchev–Trinajstić information content (AvgIpc) is 3.10. The number of carbonyl (C=O) groups is 1. The highest BCUT2D eigenvalue weighted by Crippen LogP contribution is 2.39. The molecule has 3 atom stereocenters. The first-order valence-corrected chi connectivity index (χ1v) is 10.1. The van der Waals surface area contributed by atoms with Gasteiger partial charge in [-0.25, -0.2) is 9.97 Å². The van der Waals surface area contributed by atoms with Crippen LogP contribution in [0.3, 0.4) is 0 Å². The number of carbonyl (C=O) groups excluding carboxylic acids is 1. The fourth-order valence-electron chi connectivity index (χ4n) is 4.62. The van der Waals surface area contributed by atoms with Crippen LogP contribution in [0, 0.1) is 0 Å². The van der Waals surface area contributed by atoms with E-state index < -0.39 is 0 Å². The molecule has 0 N–H and O–H groups in total. The summed E-state index contributed by atoms with van der Waals surface area (Å²) in [6.07, 6.45) is 3.49. The second kappa shape index (κ2) is 7.93. The highest BCUT2D eigenvalue weighted by Gasteiger charge is 2.46. The molecular formula is C20H30N4O4. The van der Waals surface area contributed by atoms with Crippen LogP contribution >= 0.6 is 0 Å². The zero-order valence-corrected chi connectivity index (χ0v) is 17.0. The van der Waals surface area contributed by atoms with Crippen LogP contribution in [-0.2, 0) is 31.0 Å². The lowest BCUT2D eigenvalue weighted by Gasteiger charge is -2.38. The Labute approximate surface area is 166 Å². The minimum Gasteiger partial charge on any atom is -0.384 e. The summed E-state index contributed by atoms with van der Waals surface area (Å²) in [4.78, 5) is 26.2. The fourth-order valence-corrected chi connectivity index (χ4v) is 4.62. The largest absolute Gasteiger partial charge is 0.384 e. The number of morpholine rings is 1. The predicted octanol–water partition coefficient (Wildman–Crippen LogP) is 1.13. The Kier molecular flexibility index (Phi) is 5.53. The number of ether oxygens (including phenoxy) is 3. The minimum absolute atomic E-state index is 0.135. The zero-order chi connectivity index (χ0) is 19.7. The number of nitrogens with zero attached hydrogens (tertiary/aromatic N) is 4. The Morgan fingerprint density at radius 1 is 1.36 bits per heavy atom. The van der Waals surface area contributed by atoms with Crippen LogP contribution in [0.2, 0.25) is 0 Å². The fraction of sp³-hybridized carbons (Fsp3) is 0.750. The second-order valence-electron chi connectivity index (χ2n) is 8.29. The van der Waals surface area contributed by atoms with Crippen LogP contribution < -0.4 is 4.90 Å². The van der Waals surface area contributed by atoms with Gasteiger partial charge in [0.1, 0.15) is 0 Å². The summed E-state index contributed by atoms with van der Waals surface area (Å²) >= 11 is 0. The first kappa shape index (κ1) is 19.5. The van der Waals surface area contributed by atoms with E-state index in [1.807, 2.05) is 11.1 Å². The van der Waals surface area contributed by atoms with E-state index >= 15 is 0 Å². The van der Waals surface area contributed by atoms with Crippen LogP contribution in [0.4, 0.5) is 5.95 Å². The molecule has 154 valence electrons. The Morgan fingerprint density at radius 2 is 2.14 bits per heavy atom. The van der Waals surface area contributed by atoms with Crippen molar-refractivity contribution in [2.24, 2.45) is 0 Å². The maximum Gasteiger partial charge on any atom is 0.225 e. The minimum atomic E-state index is -0.239. The standard InChI is InChI=1S/C20H30N4O4/c1-14-9-24(10-15(2)28-14)19-21-8-16-11-27-13-20(18(16)22-19)5-6-23(12-20)17(25)4-7-26-3/h8,14-15H,4-7,9-13H2,1-3H3/t14?,15?,20-/m0/s1. The molecule has 2 saturated heterocycles. The van der Waals surface area contributed by atoms with Crippen molar-refractivity contribution in [3.8, 4) is 0 Å². The van der Waals surface area contributed by atoms with Gasteiger partial charge >= 0.3 is 0 Å². The normalized spacial score (nSPS) is 30.0. The summed E-state index contributed by atoms with van der Waals surface area (Å²) in [5.41, 5.74) is 1.85. The van der Waals surface area contributed by atoms with E-state index in [-0.39, 0.29) is 23.5 Å². The molecule has 0 radical (unpaired) electrons. The number of hydrogen-bond donors (Lipinski definition) is 0. The topological polar surface area (TPSA) is 77.0 Å². The molecule has 2 fully saturated rings. The zero-order valence-electron chi connectivity index (χ0n) is 17.0. The smallest absolute Gasteiger partial charge is 0.225 e. The van der Waals surface area contributed by atoms with Crippen LogP contribution in [-0.4, -0.2) is 79.5 Å². The summed E-state index contributed by atoms with van der Waals surface area (Å²) in [7, 11) is 1.62. The SMILES string of the molecule is COCCC(=O)N1CC[C@@]2(COCc3cnc(N4CC(C)OC(C)C4)nc32)C1. The van der Waals surface area contributed by atoms with Gasteiger partial charge in [0.05, 0.1) is 49.6 Å². The molecule has 1 aromatic rings. The third-order valence-electron chi connectivity index (χ3n) is 5.92. The molecule has 28 heavy (non-hydrogen) atoms. The van der Waals surface area contributed by atoms with Gasteiger partial charge in [0, 0.05) is 45.0 Å². The summed E-state index contributed by atoms with van der Waals surface area (Å²) in [6, 6.07) is 0. The first-order chi connectivity index (χ1) is 13.5. The van der Waals surface area contributed by atoms with Crippen molar-refractivity contribution in [3.05, 3.63) is 17.5 Å². The molecule has 0 saturated carbocycles. The van der Waals surface area contributed by atoms with E-state index in [9.17, 15) is 4.79 Å². The van der Waals surface area contributed by atoms with Crippen molar-refractivity contribution in [1.82, 2.24) is 14.9 Å². The van der Waals surface area contributed by atoms with Crippen molar-refractivity contribution in [3.63, 3.8) is 0 Å². The van der Waals surface area contributed by atoms with Gasteiger partial charge in [0.25, 0.3) is 0 Å². The quantitative estimate of drug-likeness (QED) is 0.763. The third-order valence-corrected chi connectivity index (χ3v) is 5.92. The molecule has 0 aromatic carbocycles. The number of rotatable bonds is 4. The summed E-state index contributed by atoms with van der Waals surface area (Å²) < 4.78 is 16.8. The van der Waals surface area contributed by atoms with Gasteiger partial charge in [-0.15, -0.1) is 0 Å². The molecule has 0 bridgehead atoms. The van der Waals surface area contributed by atoms with Crippen molar-refractivity contribution in [2.75, 3.05) is 51.4 Å². The third kappa shape index (κ3) is 3.73. The Bertz CT molecular complexity index is 720. The average molecular weight is 390 g/mol. The number of amides is 1. The van der Waals surface area contributed by atoms with E-state index in [0.29, 0.717) is 32.8 Å². The van der Waals surface area contributed by atoms with Crippen LogP contribution in [0.5, 0.6) is 0 Å². The molecule has 2 unspecified atom stereocenters. The predicted molar refractivity (Wildman–Crippen MR) is 103 cm³/mol. The number of anilines is 1. The number of likely N-dealkylation sites (tertiary alicyclic amines) is 1. The number of hydrogen-bond acceptors (Lipinski definition) is 7. The van der Waals surface area contributed by atoms with Crippen molar-refractivity contribution in [2.45, 2.75) is 50.9 Å². The molecule has 1 amide bonds. The Morgan fingerprint density at radius 3 is 2.89 bits per heavy atom. The van der Waals surface area contributed by atoms with Crippen molar-refractivity contribution >= 4 is 11.9 Å². The van der Waals surface area contributed by atoms with Gasteiger partial charge in [-0.3, -0.25) is 4.79 Å². The molecule has 1 spiro atoms. The van der Waals surface area contributed by atoms with E-state index in [1.54, 1.807) is 7.11 Å². The van der Waals surface area contributed by atoms with Gasteiger partial charge in [-0.1, -0.05) is 0 Å². The lowest BCUT2D eigenvalue weighted by atomic mass is 9.80. The molecular weight excluding hydrogens is 360 g/mol. The number of fused-ring (bicyclic) bond motifs is 2. The maximum absolute atomic E-state index is 12.5. The molecule has 8 nitrogen and oxygen atoms in total. The maximum atomic E-state index is 12.5. The van der Waals surface area contributed by atoms with E-state index in [0.717, 1.165) is 43.3 Å². The summed E-state index contributed by atoms with van der Waals surface area (Å²) in [6.45, 7) is 8.70. The van der Waals surface area contributed by atoms with Crippen molar-refractivity contribution < 1.29 is 19.0 Å². The van der Waals surface area contributed by atoms with Crippen LogP contribution in [0.25, 0.3) is 0 Å². The van der Waals surface area contributed by atoms with E-state index in [2.05, 4.69) is 23.7 Å². The number of methoxy groups -OCH3 is 1. The summed E-state index contributed by atoms with van der Waals surface area (Å²) in [5, 5.41) is 0. The summed E-state index contributed by atoms with van der Waals surface area (Å²) in [5.74, 6) is 0.891. The van der Waals surface area contributed by atoms with Gasteiger partial charge < -0.3 is 24.0 Å². The molecule has 0 aliphatic carbocycles. The van der Waals surface area contributed by atoms with Crippen molar-refractivity contribution in [1.29, 1.82) is 0 Å². The van der Waals surface area contributed by atoms with Crippen LogP contribution in [0.15, 0.2) is 6.20 Å². The Hall–Kier alpha value is -1.77. The molecule has 4 heterocycles. The molecule has 3 aliphatic rings. The number of aromatic nitrogens is 2. The van der Waals surface area contributed by atoms with Crippen LogP contribution in [0.1, 0.15) is 37.9 Å². The molecule has 4 rings (SSSR count). The van der Waals surface area contributed by atoms with Gasteiger partial charge in [-0.05, 0) is 20.3 Å². The highest BCUT2D eigenvalue weighted by molar-refractivity contribution is 5.77. The van der Waals surface area contributed by atoms with Gasteiger partial charge in [0.15, 0.2) is 0 Å². The first-order valence-electron chi connectivity index (χ1n) is 10.1. The van der Waals surface area contributed by atoms with Gasteiger partial charge in [-0.2, -0.15) is 0 Å². The second-order valence-corrected chi connectivity index (χ2v) is 8.29. The highest BCUT2D eigenvalue weighted by atomic mass is 16.5. The van der Waals surface area contributed by atoms with E-state index in [4.69, 9.17) is 19.2 Å². The lowest BCUT2D eigenvalue weighted by Crippen LogP contribution is -2.47. The molecule has 3 aliphatic heterocycles. The van der Waals surface area contributed by atoms with Gasteiger partial charge in [0.2, 0.25) is 11.9 Å². The lowest BCUT2D eigenvalue weighted by molar-refractivity contribution is -0.131. The Balaban J connectivity index is 1.58. The molecule has 1 aromatic heterocycles. The monoisotopic (exact) mass is 390 g/mol. The molecule has 8 heteroatoms. The van der Waals surface area contributed by atoms with E-state index in [1.165, 1.54) is 0 Å².